The van der Waals surface area contributed by atoms with Crippen LogP contribution in [-0.4, -0.2) is 17.6 Å². The number of benzene rings is 1. The second-order valence-electron chi connectivity index (χ2n) is 3.96. The van der Waals surface area contributed by atoms with E-state index in [-0.39, 0.29) is 17.8 Å². The predicted molar refractivity (Wildman–Crippen MR) is 73.6 cm³/mol. The van der Waals surface area contributed by atoms with Gasteiger partial charge in [-0.2, -0.15) is 13.2 Å². The first kappa shape index (κ1) is 16.6. The maximum absolute atomic E-state index is 12.6. The number of rotatable bonds is 5. The van der Waals surface area contributed by atoms with Crippen LogP contribution in [0.4, 0.5) is 18.9 Å². The number of carboxylic acid groups (broad SMARTS) is 1. The van der Waals surface area contributed by atoms with Crippen LogP contribution in [0.15, 0.2) is 34.3 Å². The van der Waals surface area contributed by atoms with Gasteiger partial charge in [-0.25, -0.2) is 4.79 Å². The molecule has 0 bridgehead atoms. The second kappa shape index (κ2) is 6.78. The Balaban J connectivity index is 2.85. The number of halogens is 4. The quantitative estimate of drug-likeness (QED) is 0.777. The van der Waals surface area contributed by atoms with Crippen LogP contribution in [0.25, 0.3) is 0 Å². The minimum absolute atomic E-state index is 0.134. The highest BCUT2D eigenvalue weighted by molar-refractivity contribution is 9.10. The molecule has 0 saturated carbocycles. The zero-order valence-electron chi connectivity index (χ0n) is 10.6. The molecule has 0 aliphatic carbocycles. The van der Waals surface area contributed by atoms with Crippen LogP contribution in [0.5, 0.6) is 0 Å². The van der Waals surface area contributed by atoms with Crippen LogP contribution in [0.3, 0.4) is 0 Å². The summed E-state index contributed by atoms with van der Waals surface area (Å²) in [7, 11) is 0. The number of alkyl halides is 3. The summed E-state index contributed by atoms with van der Waals surface area (Å²) in [6.07, 6.45) is -2.63. The molecule has 0 atom stereocenters. The van der Waals surface area contributed by atoms with Crippen molar-refractivity contribution in [2.24, 2.45) is 0 Å². The maximum Gasteiger partial charge on any atom is 0.416 e. The Labute approximate surface area is 122 Å². The molecule has 3 nitrogen and oxygen atoms in total. The molecule has 0 amide bonds. The molecular weight excluding hydrogens is 339 g/mol. The van der Waals surface area contributed by atoms with E-state index in [4.69, 9.17) is 5.11 Å². The summed E-state index contributed by atoms with van der Waals surface area (Å²) >= 11 is 3.14. The molecule has 0 aromatic heterocycles. The van der Waals surface area contributed by atoms with Gasteiger partial charge in [0.25, 0.3) is 0 Å². The first-order chi connectivity index (χ1) is 9.25. The van der Waals surface area contributed by atoms with E-state index in [1.165, 1.54) is 12.1 Å². The zero-order chi connectivity index (χ0) is 15.3. The molecule has 0 radical (unpaired) electrons. The van der Waals surface area contributed by atoms with Gasteiger partial charge in [0.15, 0.2) is 0 Å². The van der Waals surface area contributed by atoms with Crippen molar-refractivity contribution in [1.29, 1.82) is 0 Å². The summed E-state index contributed by atoms with van der Waals surface area (Å²) in [6, 6.07) is 3.25. The van der Waals surface area contributed by atoms with E-state index in [0.717, 1.165) is 12.1 Å². The number of hydrogen-bond acceptors (Lipinski definition) is 2. The summed E-state index contributed by atoms with van der Waals surface area (Å²) in [5.41, 5.74) is -0.293. The molecule has 0 saturated heterocycles. The molecule has 0 unspecified atom stereocenters. The molecule has 1 aromatic rings. The lowest BCUT2D eigenvalue weighted by atomic mass is 10.2. The predicted octanol–water partition coefficient (Wildman–Crippen LogP) is 4.30. The van der Waals surface area contributed by atoms with Gasteiger partial charge in [-0.05, 0) is 40.5 Å². The van der Waals surface area contributed by atoms with Gasteiger partial charge in [-0.3, -0.25) is 0 Å². The van der Waals surface area contributed by atoms with E-state index in [1.54, 1.807) is 6.92 Å². The number of anilines is 1. The lowest BCUT2D eigenvalue weighted by molar-refractivity contribution is -0.137. The van der Waals surface area contributed by atoms with Crippen LogP contribution in [0, 0.1) is 0 Å². The van der Waals surface area contributed by atoms with Crippen molar-refractivity contribution in [1.82, 2.24) is 0 Å². The van der Waals surface area contributed by atoms with Gasteiger partial charge in [-0.1, -0.05) is 13.0 Å². The molecule has 0 aliphatic heterocycles. The van der Waals surface area contributed by atoms with E-state index in [1.807, 2.05) is 0 Å². The van der Waals surface area contributed by atoms with Crippen molar-refractivity contribution in [3.8, 4) is 0 Å². The molecule has 0 aliphatic rings. The topological polar surface area (TPSA) is 49.3 Å². The van der Waals surface area contributed by atoms with E-state index in [9.17, 15) is 18.0 Å². The van der Waals surface area contributed by atoms with E-state index in [0.29, 0.717) is 10.9 Å². The molecule has 1 aromatic carbocycles. The van der Waals surface area contributed by atoms with Crippen molar-refractivity contribution in [3.63, 3.8) is 0 Å². The molecule has 0 spiro atoms. The van der Waals surface area contributed by atoms with Gasteiger partial charge in [-0.15, -0.1) is 0 Å². The first-order valence-electron chi connectivity index (χ1n) is 5.78. The van der Waals surface area contributed by atoms with Crippen molar-refractivity contribution < 1.29 is 23.1 Å². The number of hydrogen-bond donors (Lipinski definition) is 2. The van der Waals surface area contributed by atoms with E-state index in [2.05, 4.69) is 21.2 Å². The Morgan fingerprint density at radius 3 is 2.60 bits per heavy atom. The fourth-order valence-corrected chi connectivity index (χ4v) is 1.89. The number of nitrogens with one attached hydrogen (secondary N) is 1. The monoisotopic (exact) mass is 351 g/mol. The van der Waals surface area contributed by atoms with E-state index >= 15 is 0 Å². The van der Waals surface area contributed by atoms with E-state index < -0.39 is 17.7 Å². The zero-order valence-corrected chi connectivity index (χ0v) is 12.2. The van der Waals surface area contributed by atoms with Gasteiger partial charge >= 0.3 is 12.1 Å². The van der Waals surface area contributed by atoms with Crippen LogP contribution in [-0.2, 0) is 11.0 Å². The van der Waals surface area contributed by atoms with Gasteiger partial charge in [0.2, 0.25) is 0 Å². The smallest absolute Gasteiger partial charge is 0.416 e. The molecular formula is C13H13BrF3NO2. The molecule has 20 heavy (non-hydrogen) atoms. The largest absolute Gasteiger partial charge is 0.478 e. The Bertz CT molecular complexity index is 527. The summed E-state index contributed by atoms with van der Waals surface area (Å²) in [5, 5.41) is 11.6. The standard InChI is InChI=1S/C13H13BrF3NO2/c1-2-8(12(19)20)5-6-18-11-7-9(13(15,16)17)3-4-10(11)14/h3-5,7,18H,2,6H2,1H3,(H,19,20)/b8-5-. The summed E-state index contributed by atoms with van der Waals surface area (Å²) in [6.45, 7) is 1.83. The van der Waals surface area contributed by atoms with Crippen LogP contribution in [0.2, 0.25) is 0 Å². The average Bonchev–Trinajstić information content (AvgIpc) is 2.34. The lowest BCUT2D eigenvalue weighted by Gasteiger charge is -2.11. The molecule has 0 fully saturated rings. The third kappa shape index (κ3) is 4.56. The van der Waals surface area contributed by atoms with Crippen LogP contribution < -0.4 is 5.32 Å². The Kier molecular flexibility index (Phi) is 5.62. The summed E-state index contributed by atoms with van der Waals surface area (Å²) in [4.78, 5) is 10.8. The first-order valence-corrected chi connectivity index (χ1v) is 6.58. The van der Waals surface area contributed by atoms with Crippen LogP contribution in [0.1, 0.15) is 18.9 Å². The van der Waals surface area contributed by atoms with Gasteiger partial charge < -0.3 is 10.4 Å². The average molecular weight is 352 g/mol. The van der Waals surface area contributed by atoms with Crippen molar-refractivity contribution >= 4 is 27.6 Å². The molecule has 7 heteroatoms. The SMILES string of the molecule is CC/C(=C/CNc1cc(C(F)(F)F)ccc1Br)C(=O)O. The minimum atomic E-state index is -4.41. The number of carboxylic acids is 1. The van der Waals surface area contributed by atoms with Crippen LogP contribution >= 0.6 is 15.9 Å². The number of aliphatic carboxylic acids is 1. The molecule has 1 rings (SSSR count). The van der Waals surface area contributed by atoms with Gasteiger partial charge in [0.05, 0.1) is 5.56 Å². The normalized spacial score (nSPS) is 12.3. The van der Waals surface area contributed by atoms with Crippen molar-refractivity contribution in [2.45, 2.75) is 19.5 Å². The second-order valence-corrected chi connectivity index (χ2v) is 4.82. The third-order valence-electron chi connectivity index (χ3n) is 2.59. The lowest BCUT2D eigenvalue weighted by Crippen LogP contribution is -2.08. The fourth-order valence-electron chi connectivity index (χ4n) is 1.50. The Morgan fingerprint density at radius 2 is 2.10 bits per heavy atom. The Hall–Kier alpha value is -1.50. The molecule has 110 valence electrons. The summed E-state index contributed by atoms with van der Waals surface area (Å²) in [5.74, 6) is -1.03. The number of carbonyl (C=O) groups is 1. The highest BCUT2D eigenvalue weighted by Gasteiger charge is 2.30. The highest BCUT2D eigenvalue weighted by atomic mass is 79.9. The fraction of sp³-hybridized carbons (Fsp3) is 0.308. The maximum atomic E-state index is 12.6. The van der Waals surface area contributed by atoms with Gasteiger partial charge in [0.1, 0.15) is 0 Å². The molecule has 0 heterocycles. The summed E-state index contributed by atoms with van der Waals surface area (Å²) < 4.78 is 38.2. The third-order valence-corrected chi connectivity index (χ3v) is 3.28. The minimum Gasteiger partial charge on any atom is -0.478 e. The molecule has 2 N–H and O–H groups in total. The van der Waals surface area contributed by atoms with Crippen molar-refractivity contribution in [3.05, 3.63) is 39.9 Å². The van der Waals surface area contributed by atoms with Crippen molar-refractivity contribution in [2.75, 3.05) is 11.9 Å². The van der Waals surface area contributed by atoms with Gasteiger partial charge in [0, 0.05) is 22.3 Å². The highest BCUT2D eigenvalue weighted by Crippen LogP contribution is 2.33. The Morgan fingerprint density at radius 1 is 1.45 bits per heavy atom.